The van der Waals surface area contributed by atoms with Gasteiger partial charge >= 0.3 is 6.03 Å². The summed E-state index contributed by atoms with van der Waals surface area (Å²) < 4.78 is 4.18. The summed E-state index contributed by atoms with van der Waals surface area (Å²) in [5.74, 6) is -3.28. The Morgan fingerprint density at radius 2 is 1.64 bits per heavy atom. The third kappa shape index (κ3) is 3.57. The number of nitrogens with zero attached hydrogens (tertiary/aromatic N) is 6. The number of aromatic nitrogens is 4. The highest BCUT2D eigenvalue weighted by Gasteiger charge is 2.51. The van der Waals surface area contributed by atoms with E-state index in [1.165, 1.54) is 14.1 Å². The number of imidazole rings is 1. The molecule has 10 heteroatoms. The van der Waals surface area contributed by atoms with Crippen LogP contribution in [-0.4, -0.2) is 56.1 Å². The molecule has 2 aromatic heterocycles. The number of barbiturate groups is 1. The van der Waals surface area contributed by atoms with Crippen molar-refractivity contribution in [3.8, 4) is 0 Å². The molecular formula is C23H26N6O4. The second-order valence-electron chi connectivity index (χ2n) is 8.37. The Kier molecular flexibility index (Phi) is 5.52. The van der Waals surface area contributed by atoms with E-state index in [2.05, 4.69) is 5.10 Å². The van der Waals surface area contributed by atoms with Gasteiger partial charge in [0.25, 0.3) is 5.82 Å². The Hall–Kier alpha value is -3.95. The number of aryl methyl sites for hydroxylation is 1. The van der Waals surface area contributed by atoms with Crippen LogP contribution in [0.5, 0.6) is 0 Å². The lowest BCUT2D eigenvalue weighted by Crippen LogP contribution is -2.59. The Labute approximate surface area is 191 Å². The van der Waals surface area contributed by atoms with Crippen LogP contribution in [0.4, 0.5) is 4.79 Å². The van der Waals surface area contributed by atoms with Crippen molar-refractivity contribution in [2.24, 2.45) is 13.0 Å². The second-order valence-corrected chi connectivity index (χ2v) is 8.37. The molecule has 4 amide bonds. The van der Waals surface area contributed by atoms with Crippen molar-refractivity contribution in [3.05, 3.63) is 76.3 Å². The fourth-order valence-electron chi connectivity index (χ4n) is 4.37. The minimum Gasteiger partial charge on any atom is -0.711 e. The number of rotatable bonds is 5. The fraction of sp³-hybridized carbons (Fsp3) is 0.348. The molecule has 3 heterocycles. The molecule has 3 aromatic rings. The van der Waals surface area contributed by atoms with Crippen molar-refractivity contribution in [1.82, 2.24) is 24.1 Å². The number of amides is 4. The zero-order valence-corrected chi connectivity index (χ0v) is 19.2. The summed E-state index contributed by atoms with van der Waals surface area (Å²) in [6, 6.07) is 8.93. The van der Waals surface area contributed by atoms with E-state index in [0.29, 0.717) is 17.8 Å². The number of urea groups is 1. The summed E-state index contributed by atoms with van der Waals surface area (Å²) in [6.45, 7) is 3.93. The van der Waals surface area contributed by atoms with Gasteiger partial charge in [0.15, 0.2) is 0 Å². The molecule has 1 fully saturated rings. The standard InChI is InChI=1S/C23H26N6O4/c1-14-15(2)29(33)20(28(14)12-16-9-7-6-8-10-16)18(17-11-24-25(3)13-17)19-21(30)26(4)23(32)27(5)22(19)31/h6-11,13,18-19H,12H2,1-5H3/t18-/m1/s1. The largest absolute Gasteiger partial charge is 0.711 e. The highest BCUT2D eigenvalue weighted by atomic mass is 16.5. The van der Waals surface area contributed by atoms with Crippen molar-refractivity contribution in [2.45, 2.75) is 26.3 Å². The average Bonchev–Trinajstić information content (AvgIpc) is 3.32. The predicted octanol–water partition coefficient (Wildman–Crippen LogP) is 1.32. The van der Waals surface area contributed by atoms with Gasteiger partial charge in [0, 0.05) is 46.8 Å². The quantitative estimate of drug-likeness (QED) is 0.331. The summed E-state index contributed by atoms with van der Waals surface area (Å²) in [6.07, 6.45) is 3.23. The molecule has 0 saturated carbocycles. The van der Waals surface area contributed by atoms with E-state index in [0.717, 1.165) is 25.8 Å². The van der Waals surface area contributed by atoms with Gasteiger partial charge in [-0.15, -0.1) is 0 Å². The first-order chi connectivity index (χ1) is 15.6. The molecule has 0 aliphatic carbocycles. The third-order valence-corrected chi connectivity index (χ3v) is 6.36. The van der Waals surface area contributed by atoms with Gasteiger partial charge < -0.3 is 5.21 Å². The lowest BCUT2D eigenvalue weighted by atomic mass is 9.83. The van der Waals surface area contributed by atoms with Crippen molar-refractivity contribution >= 4 is 17.8 Å². The molecule has 172 valence electrons. The smallest absolute Gasteiger partial charge is 0.332 e. The van der Waals surface area contributed by atoms with Crippen LogP contribution in [0.3, 0.4) is 0 Å². The van der Waals surface area contributed by atoms with E-state index in [-0.39, 0.29) is 5.82 Å². The van der Waals surface area contributed by atoms with E-state index in [4.69, 9.17) is 0 Å². The third-order valence-electron chi connectivity index (χ3n) is 6.36. The van der Waals surface area contributed by atoms with Gasteiger partial charge in [-0.3, -0.25) is 24.1 Å². The molecule has 0 spiro atoms. The molecule has 1 aromatic carbocycles. The van der Waals surface area contributed by atoms with Crippen molar-refractivity contribution in [1.29, 1.82) is 0 Å². The zero-order chi connectivity index (χ0) is 24.0. The number of carbonyl (C=O) groups excluding carboxylic acids is 3. The van der Waals surface area contributed by atoms with E-state index in [1.54, 1.807) is 31.0 Å². The van der Waals surface area contributed by atoms with Gasteiger partial charge in [0.2, 0.25) is 11.8 Å². The van der Waals surface area contributed by atoms with Crippen LogP contribution in [-0.2, 0) is 23.2 Å². The Balaban J connectivity index is 1.95. The van der Waals surface area contributed by atoms with Gasteiger partial charge in [0.05, 0.1) is 6.20 Å². The topological polar surface area (TPSA) is 107 Å². The van der Waals surface area contributed by atoms with Crippen molar-refractivity contribution < 1.29 is 19.1 Å². The van der Waals surface area contributed by atoms with Crippen LogP contribution in [0.1, 0.15) is 34.3 Å². The SMILES string of the molecule is Cc1c(C)[n+]([O-])c([C@H](c2cnn(C)c2)C2C(=O)N(C)C(=O)N(C)C2=O)n1Cc1ccccc1. The minimum atomic E-state index is -1.29. The fourth-order valence-corrected chi connectivity index (χ4v) is 4.37. The molecule has 4 rings (SSSR count). The van der Waals surface area contributed by atoms with Gasteiger partial charge in [0.1, 0.15) is 29.8 Å². The van der Waals surface area contributed by atoms with Crippen LogP contribution in [0, 0.1) is 25.0 Å². The Bertz CT molecular complexity index is 1220. The summed E-state index contributed by atoms with van der Waals surface area (Å²) in [7, 11) is 4.40. The zero-order valence-electron chi connectivity index (χ0n) is 19.2. The molecule has 0 radical (unpaired) electrons. The van der Waals surface area contributed by atoms with Crippen LogP contribution in [0.2, 0.25) is 0 Å². The Morgan fingerprint density at radius 3 is 2.18 bits per heavy atom. The van der Waals surface area contributed by atoms with E-state index < -0.39 is 29.7 Å². The van der Waals surface area contributed by atoms with E-state index >= 15 is 0 Å². The van der Waals surface area contributed by atoms with Crippen LogP contribution >= 0.6 is 0 Å². The van der Waals surface area contributed by atoms with Crippen LogP contribution in [0.25, 0.3) is 0 Å². The molecule has 1 aliphatic rings. The number of carbonyl (C=O) groups is 3. The number of benzene rings is 1. The first kappa shape index (κ1) is 22.3. The van der Waals surface area contributed by atoms with Gasteiger partial charge in [-0.1, -0.05) is 30.3 Å². The minimum absolute atomic E-state index is 0.254. The molecule has 10 nitrogen and oxygen atoms in total. The summed E-state index contributed by atoms with van der Waals surface area (Å²) in [5, 5.41) is 17.7. The highest BCUT2D eigenvalue weighted by molar-refractivity contribution is 6.16. The summed E-state index contributed by atoms with van der Waals surface area (Å²) >= 11 is 0. The maximum Gasteiger partial charge on any atom is 0.332 e. The molecular weight excluding hydrogens is 424 g/mol. The lowest BCUT2D eigenvalue weighted by molar-refractivity contribution is -0.621. The molecule has 1 saturated heterocycles. The van der Waals surface area contributed by atoms with E-state index in [1.807, 2.05) is 41.8 Å². The first-order valence-electron chi connectivity index (χ1n) is 10.5. The maximum absolute atomic E-state index is 13.5. The van der Waals surface area contributed by atoms with Crippen LogP contribution < -0.4 is 4.73 Å². The summed E-state index contributed by atoms with van der Waals surface area (Å²) in [4.78, 5) is 40.7. The number of hydrogen-bond donors (Lipinski definition) is 0. The molecule has 1 aliphatic heterocycles. The van der Waals surface area contributed by atoms with Crippen molar-refractivity contribution in [3.63, 3.8) is 0 Å². The number of imide groups is 2. The molecule has 1 atom stereocenters. The monoisotopic (exact) mass is 450 g/mol. The maximum atomic E-state index is 13.5. The predicted molar refractivity (Wildman–Crippen MR) is 118 cm³/mol. The van der Waals surface area contributed by atoms with Gasteiger partial charge in [-0.25, -0.2) is 14.1 Å². The normalized spacial score (nSPS) is 16.1. The molecule has 0 unspecified atom stereocenters. The molecule has 0 N–H and O–H groups in total. The first-order valence-corrected chi connectivity index (χ1v) is 10.5. The molecule has 33 heavy (non-hydrogen) atoms. The number of hydrogen-bond acceptors (Lipinski definition) is 5. The van der Waals surface area contributed by atoms with Gasteiger partial charge in [-0.05, 0) is 5.56 Å². The summed E-state index contributed by atoms with van der Waals surface area (Å²) in [5.41, 5.74) is 2.71. The highest BCUT2D eigenvalue weighted by Crippen LogP contribution is 2.36. The second kappa shape index (κ2) is 8.19. The lowest BCUT2D eigenvalue weighted by Gasteiger charge is -2.35. The van der Waals surface area contributed by atoms with Gasteiger partial charge in [-0.2, -0.15) is 5.10 Å². The average molecular weight is 450 g/mol. The molecule has 0 bridgehead atoms. The van der Waals surface area contributed by atoms with Crippen LogP contribution in [0.15, 0.2) is 42.7 Å². The van der Waals surface area contributed by atoms with Crippen molar-refractivity contribution in [2.75, 3.05) is 14.1 Å². The van der Waals surface area contributed by atoms with E-state index in [9.17, 15) is 19.6 Å². The Morgan fingerprint density at radius 1 is 1.03 bits per heavy atom.